The van der Waals surface area contributed by atoms with Crippen molar-refractivity contribution in [1.29, 1.82) is 0 Å². The van der Waals surface area contributed by atoms with Crippen molar-refractivity contribution in [2.24, 2.45) is 0 Å². The molecule has 0 bridgehead atoms. The van der Waals surface area contributed by atoms with Crippen LogP contribution in [0.2, 0.25) is 0 Å². The molecule has 1 heterocycles. The molecule has 2 N–H and O–H groups in total. The largest absolute Gasteiger partial charge is 0.521 e. The summed E-state index contributed by atoms with van der Waals surface area (Å²) in [7, 11) is 0. The third kappa shape index (κ3) is 1.85. The van der Waals surface area contributed by atoms with Crippen LogP contribution in [0.1, 0.15) is 30.9 Å². The van der Waals surface area contributed by atoms with E-state index < -0.39 is 22.1 Å². The second kappa shape index (κ2) is 5.25. The first-order chi connectivity index (χ1) is 11.9. The van der Waals surface area contributed by atoms with Crippen LogP contribution in [0.25, 0.3) is 11.1 Å². The number of nitrogens with zero attached hydrogens (tertiary/aromatic N) is 1. The zero-order valence-electron chi connectivity index (χ0n) is 14.0. The number of quaternary nitrogens is 1. The van der Waals surface area contributed by atoms with Crippen molar-refractivity contribution < 1.29 is 24.3 Å². The summed E-state index contributed by atoms with van der Waals surface area (Å²) < 4.78 is -0.723. The van der Waals surface area contributed by atoms with Crippen molar-refractivity contribution in [1.82, 2.24) is 0 Å². The molecule has 4 rings (SSSR count). The van der Waals surface area contributed by atoms with Crippen molar-refractivity contribution in [3.05, 3.63) is 59.7 Å². The van der Waals surface area contributed by atoms with E-state index in [0.29, 0.717) is 24.0 Å². The van der Waals surface area contributed by atoms with Crippen LogP contribution in [0.3, 0.4) is 0 Å². The number of likely N-dealkylation sites (tertiary alicyclic amines) is 1. The zero-order valence-corrected chi connectivity index (χ0v) is 14.0. The number of hydrogen-bond donors (Lipinski definition) is 2. The van der Waals surface area contributed by atoms with Crippen LogP contribution in [0.15, 0.2) is 48.5 Å². The molecule has 1 fully saturated rings. The molecule has 1 unspecified atom stereocenters. The first-order valence-electron chi connectivity index (χ1n) is 8.52. The topological polar surface area (TPSA) is 74.6 Å². The molecule has 5 nitrogen and oxygen atoms in total. The first-order valence-corrected chi connectivity index (χ1v) is 8.52. The fourth-order valence-corrected chi connectivity index (χ4v) is 4.48. The minimum atomic E-state index is -1.94. The number of carbonyl (C=O) groups is 2. The summed E-state index contributed by atoms with van der Waals surface area (Å²) in [6.45, 7) is 1.98. The van der Waals surface area contributed by atoms with Gasteiger partial charge >= 0.3 is 12.0 Å². The lowest BCUT2D eigenvalue weighted by atomic mass is 9.88. The molecule has 0 radical (unpaired) electrons. The Hall–Kier alpha value is -2.50. The summed E-state index contributed by atoms with van der Waals surface area (Å²) in [4.78, 5) is 25.7. The molecule has 1 aliphatic heterocycles. The monoisotopic (exact) mass is 338 g/mol. The molecule has 0 aromatic heterocycles. The van der Waals surface area contributed by atoms with Crippen molar-refractivity contribution in [2.75, 3.05) is 6.54 Å². The van der Waals surface area contributed by atoms with Gasteiger partial charge in [0, 0.05) is 24.0 Å². The van der Waals surface area contributed by atoms with Gasteiger partial charge in [-0.1, -0.05) is 48.5 Å². The van der Waals surface area contributed by atoms with Gasteiger partial charge in [0.1, 0.15) is 6.04 Å². The highest BCUT2D eigenvalue weighted by atomic mass is 16.4. The summed E-state index contributed by atoms with van der Waals surface area (Å²) >= 11 is 0. The Bertz CT molecular complexity index is 845. The van der Waals surface area contributed by atoms with E-state index in [0.717, 1.165) is 11.1 Å². The number of carbonyl (C=O) groups excluding carboxylic acids is 1. The van der Waals surface area contributed by atoms with E-state index in [1.54, 1.807) is 31.2 Å². The predicted molar refractivity (Wildman–Crippen MR) is 91.7 cm³/mol. The Kier molecular flexibility index (Phi) is 3.36. The van der Waals surface area contributed by atoms with Crippen molar-refractivity contribution in [2.45, 2.75) is 31.4 Å². The number of aliphatic hydroxyl groups is 1. The maximum atomic E-state index is 13.6. The number of rotatable bonds is 1. The second-order valence-corrected chi connectivity index (χ2v) is 6.97. The summed E-state index contributed by atoms with van der Waals surface area (Å²) in [6.07, 6.45) is 0.112. The fourth-order valence-electron chi connectivity index (χ4n) is 4.48. The van der Waals surface area contributed by atoms with Gasteiger partial charge in [0.05, 0.1) is 6.54 Å². The molecule has 1 aliphatic carbocycles. The summed E-state index contributed by atoms with van der Waals surface area (Å²) in [5.74, 6) is -0.664. The Morgan fingerprint density at radius 2 is 1.56 bits per heavy atom. The maximum Gasteiger partial charge on any atom is 0.521 e. The van der Waals surface area contributed by atoms with Crippen molar-refractivity contribution >= 4 is 12.0 Å². The molecule has 2 aliphatic rings. The van der Waals surface area contributed by atoms with Crippen LogP contribution < -0.4 is 0 Å². The molecule has 1 saturated heterocycles. The average Bonchev–Trinajstić information content (AvgIpc) is 3.13. The lowest BCUT2D eigenvalue weighted by Crippen LogP contribution is -2.64. The quantitative estimate of drug-likeness (QED) is 0.784. The van der Waals surface area contributed by atoms with Crippen LogP contribution in [0, 0.1) is 0 Å². The van der Waals surface area contributed by atoms with Gasteiger partial charge in [-0.25, -0.2) is 4.79 Å². The van der Waals surface area contributed by atoms with Crippen LogP contribution in [0.5, 0.6) is 0 Å². The number of imide groups is 1. The van der Waals surface area contributed by atoms with Crippen LogP contribution >= 0.6 is 0 Å². The first kappa shape index (κ1) is 16.0. The fraction of sp³-hybridized carbons (Fsp3) is 0.300. The SMILES string of the molecule is C[C@@H]1CCC[N+]1(C(=O)O)C(=O)C1(O)c2ccccc2-c2ccccc21. The third-order valence-electron chi connectivity index (χ3n) is 5.82. The van der Waals surface area contributed by atoms with Crippen molar-refractivity contribution in [3.8, 4) is 11.1 Å². The van der Waals surface area contributed by atoms with Crippen molar-refractivity contribution in [3.63, 3.8) is 0 Å². The molecule has 25 heavy (non-hydrogen) atoms. The lowest BCUT2D eigenvalue weighted by molar-refractivity contribution is -0.795. The Morgan fingerprint density at radius 1 is 1.04 bits per heavy atom. The minimum absolute atomic E-state index is 0.210. The molecule has 2 aromatic rings. The molecular weight excluding hydrogens is 318 g/mol. The number of carboxylic acid groups (broad SMARTS) is 1. The normalized spacial score (nSPS) is 26.1. The number of fused-ring (bicyclic) bond motifs is 3. The molecule has 0 spiro atoms. The smallest absolute Gasteiger partial charge is 0.435 e. The predicted octanol–water partition coefficient (Wildman–Crippen LogP) is 3.11. The maximum absolute atomic E-state index is 13.6. The summed E-state index contributed by atoms with van der Waals surface area (Å²) in [5, 5.41) is 21.5. The molecule has 128 valence electrons. The zero-order chi connectivity index (χ0) is 17.8. The van der Waals surface area contributed by atoms with E-state index in [1.807, 2.05) is 24.3 Å². The number of hydrogen-bond acceptors (Lipinski definition) is 3. The van der Waals surface area contributed by atoms with E-state index in [4.69, 9.17) is 0 Å². The van der Waals surface area contributed by atoms with Gasteiger partial charge in [-0.15, -0.1) is 0 Å². The standard InChI is InChI=1S/C20H19NO4/c1-13-7-6-12-21(13,19(23)24)18(22)20(25)16-10-4-2-8-14(16)15-9-3-5-11-17(15)20/h2-5,8-11,13,25H,6-7,12H2,1H3/p+1/t13-,21?/m1/s1. The van der Waals surface area contributed by atoms with Gasteiger partial charge in [0.25, 0.3) is 0 Å². The van der Waals surface area contributed by atoms with Crippen LogP contribution in [0.4, 0.5) is 4.79 Å². The Labute approximate surface area is 145 Å². The van der Waals surface area contributed by atoms with Gasteiger partial charge in [-0.05, 0) is 18.1 Å². The van der Waals surface area contributed by atoms with E-state index in [9.17, 15) is 19.8 Å². The van der Waals surface area contributed by atoms with Gasteiger partial charge < -0.3 is 10.2 Å². The average molecular weight is 338 g/mol. The van der Waals surface area contributed by atoms with Gasteiger partial charge in [-0.2, -0.15) is 9.28 Å². The van der Waals surface area contributed by atoms with E-state index in [1.165, 1.54) is 0 Å². The molecule has 0 saturated carbocycles. The van der Waals surface area contributed by atoms with Crippen LogP contribution in [-0.2, 0) is 10.4 Å². The number of benzene rings is 2. The lowest BCUT2D eigenvalue weighted by Gasteiger charge is -2.35. The highest BCUT2D eigenvalue weighted by Crippen LogP contribution is 2.50. The summed E-state index contributed by atoms with van der Waals surface area (Å²) in [6, 6.07) is 14.0. The van der Waals surface area contributed by atoms with E-state index >= 15 is 0 Å². The number of amides is 2. The molecule has 5 heteroatoms. The molecule has 2 atom stereocenters. The Morgan fingerprint density at radius 3 is 2.00 bits per heavy atom. The van der Waals surface area contributed by atoms with Gasteiger partial charge in [0.15, 0.2) is 0 Å². The minimum Gasteiger partial charge on any atom is -0.435 e. The van der Waals surface area contributed by atoms with E-state index in [2.05, 4.69) is 0 Å². The third-order valence-corrected chi connectivity index (χ3v) is 5.82. The molecule has 2 amide bonds. The highest BCUT2D eigenvalue weighted by molar-refractivity contribution is 5.98. The van der Waals surface area contributed by atoms with Crippen LogP contribution in [-0.4, -0.2) is 39.3 Å². The molecule has 2 aromatic carbocycles. The van der Waals surface area contributed by atoms with Gasteiger partial charge in [-0.3, -0.25) is 0 Å². The highest BCUT2D eigenvalue weighted by Gasteiger charge is 2.63. The van der Waals surface area contributed by atoms with Gasteiger partial charge in [0.2, 0.25) is 5.60 Å². The van der Waals surface area contributed by atoms with E-state index in [-0.39, 0.29) is 12.6 Å². The summed E-state index contributed by atoms with van der Waals surface area (Å²) in [5.41, 5.74) is 0.566. The second-order valence-electron chi connectivity index (χ2n) is 6.97. The molecular formula is C20H20NO4+. The Balaban J connectivity index is 1.98.